The summed E-state index contributed by atoms with van der Waals surface area (Å²) < 4.78 is 21.3. The van der Waals surface area contributed by atoms with Crippen molar-refractivity contribution in [1.29, 1.82) is 0 Å². The fourth-order valence-corrected chi connectivity index (χ4v) is 4.34. The lowest BCUT2D eigenvalue weighted by molar-refractivity contribution is -0.112. The Kier molecular flexibility index (Phi) is 18.7. The Balaban J connectivity index is 3.15. The van der Waals surface area contributed by atoms with Gasteiger partial charge in [0.05, 0.1) is 18.1 Å². The van der Waals surface area contributed by atoms with Gasteiger partial charge in [-0.1, -0.05) is 25.5 Å². The Morgan fingerprint density at radius 3 is 1.64 bits per heavy atom. The second kappa shape index (κ2) is 21.3. The van der Waals surface area contributed by atoms with Crippen LogP contribution in [-0.4, -0.2) is 94.7 Å². The molecule has 0 saturated heterocycles. The number of rotatable bonds is 10. The van der Waals surface area contributed by atoms with Gasteiger partial charge in [-0.15, -0.1) is 17.6 Å². The molecule has 0 aliphatic carbocycles. The third kappa shape index (κ3) is 23.0. The first-order chi connectivity index (χ1) is 25.5. The second-order valence-electron chi connectivity index (χ2n) is 16.6. The number of aliphatic imine (C=N–C) groups is 2. The van der Waals surface area contributed by atoms with Gasteiger partial charge < -0.3 is 34.1 Å². The van der Waals surface area contributed by atoms with Crippen LogP contribution in [0.4, 0.5) is 24.9 Å². The summed E-state index contributed by atoms with van der Waals surface area (Å²) in [5, 5.41) is 10.2. The Morgan fingerprint density at radius 2 is 1.20 bits per heavy atom. The monoisotopic (exact) mass is 806 g/mol. The predicted octanol–water partition coefficient (Wildman–Crippen LogP) is 7.11. The molecule has 0 heterocycles. The SMILES string of the molecule is CCCCN(CN(C)/C=C(\S)C(=O)Nc1ccc(CN=C(NC(=O)OC(C)(C)C)NC(=O)OC(C)(C)C)cc1)C(=NC(=O)OC(C)(C)C)NC(=O)OC(C)(C)C. The molecular formula is C38H62N8O9S. The first-order valence-corrected chi connectivity index (χ1v) is 18.6. The fraction of sp³-hybridized carbons (Fsp3) is 0.605. The minimum atomic E-state index is -0.897. The molecule has 0 aromatic heterocycles. The third-order valence-electron chi connectivity index (χ3n) is 6.12. The van der Waals surface area contributed by atoms with Gasteiger partial charge >= 0.3 is 24.4 Å². The topological polar surface area (TPSA) is 202 Å². The molecular weight excluding hydrogens is 745 g/mol. The number of anilines is 1. The Hall–Kier alpha value is -5.00. The minimum absolute atomic E-state index is 0.0498. The van der Waals surface area contributed by atoms with Gasteiger partial charge in [-0.2, -0.15) is 0 Å². The Morgan fingerprint density at radius 1 is 0.732 bits per heavy atom. The zero-order valence-corrected chi connectivity index (χ0v) is 36.2. The van der Waals surface area contributed by atoms with Gasteiger partial charge in [0.2, 0.25) is 11.9 Å². The number of amides is 5. The van der Waals surface area contributed by atoms with Crippen LogP contribution in [0.25, 0.3) is 0 Å². The molecule has 0 aliphatic heterocycles. The van der Waals surface area contributed by atoms with Crippen molar-refractivity contribution < 1.29 is 42.9 Å². The first-order valence-electron chi connectivity index (χ1n) is 18.2. The van der Waals surface area contributed by atoms with E-state index in [0.29, 0.717) is 24.2 Å². The number of hydrogen-bond acceptors (Lipinski definition) is 12. The van der Waals surface area contributed by atoms with Crippen molar-refractivity contribution in [3.05, 3.63) is 40.9 Å². The van der Waals surface area contributed by atoms with Crippen molar-refractivity contribution in [1.82, 2.24) is 25.8 Å². The number of ether oxygens (including phenoxy) is 4. The van der Waals surface area contributed by atoms with Crippen molar-refractivity contribution in [2.75, 3.05) is 25.6 Å². The quantitative estimate of drug-likeness (QED) is 0.0403. The number of thiol groups is 1. The predicted molar refractivity (Wildman–Crippen MR) is 219 cm³/mol. The maximum Gasteiger partial charge on any atom is 0.437 e. The molecule has 0 unspecified atom stereocenters. The number of alkyl carbamates (subject to hydrolysis) is 3. The van der Waals surface area contributed by atoms with Crippen molar-refractivity contribution in [3.63, 3.8) is 0 Å². The highest BCUT2D eigenvalue weighted by Crippen LogP contribution is 2.15. The molecule has 56 heavy (non-hydrogen) atoms. The number of hydrogen-bond donors (Lipinski definition) is 5. The molecule has 0 atom stereocenters. The van der Waals surface area contributed by atoms with Crippen LogP contribution >= 0.6 is 12.6 Å². The van der Waals surface area contributed by atoms with E-state index in [0.717, 1.165) is 6.42 Å². The molecule has 1 aromatic carbocycles. The summed E-state index contributed by atoms with van der Waals surface area (Å²) in [6, 6.07) is 6.73. The zero-order chi connectivity index (χ0) is 43.1. The second-order valence-corrected chi connectivity index (χ2v) is 17.1. The smallest absolute Gasteiger partial charge is 0.437 e. The largest absolute Gasteiger partial charge is 0.444 e. The van der Waals surface area contributed by atoms with E-state index in [2.05, 4.69) is 43.9 Å². The molecule has 0 radical (unpaired) electrons. The van der Waals surface area contributed by atoms with E-state index in [-0.39, 0.29) is 30.0 Å². The minimum Gasteiger partial charge on any atom is -0.444 e. The van der Waals surface area contributed by atoms with Crippen LogP contribution < -0.4 is 21.3 Å². The number of nitrogens with zero attached hydrogens (tertiary/aromatic N) is 4. The lowest BCUT2D eigenvalue weighted by Gasteiger charge is -2.31. The summed E-state index contributed by atoms with van der Waals surface area (Å²) >= 11 is 4.41. The fourth-order valence-electron chi connectivity index (χ4n) is 4.08. The molecule has 1 aromatic rings. The van der Waals surface area contributed by atoms with Gasteiger partial charge in [0, 0.05) is 25.5 Å². The van der Waals surface area contributed by atoms with Gasteiger partial charge in [0.1, 0.15) is 22.4 Å². The molecule has 0 aliphatic rings. The van der Waals surface area contributed by atoms with Crippen LogP contribution in [0, 0.1) is 0 Å². The number of benzene rings is 1. The first kappa shape index (κ1) is 49.0. The molecule has 0 bridgehead atoms. The summed E-state index contributed by atoms with van der Waals surface area (Å²) in [5.74, 6) is -0.756. The summed E-state index contributed by atoms with van der Waals surface area (Å²) in [4.78, 5) is 75.1. The van der Waals surface area contributed by atoms with Crippen LogP contribution in [0.5, 0.6) is 0 Å². The van der Waals surface area contributed by atoms with E-state index < -0.39 is 52.7 Å². The number of carbonyl (C=O) groups is 5. The summed E-state index contributed by atoms with van der Waals surface area (Å²) in [7, 11) is 1.69. The number of carbonyl (C=O) groups excluding carboxylic acids is 5. The van der Waals surface area contributed by atoms with Crippen LogP contribution in [0.1, 0.15) is 108 Å². The van der Waals surface area contributed by atoms with Crippen molar-refractivity contribution in [3.8, 4) is 0 Å². The Bertz CT molecular complexity index is 1570. The van der Waals surface area contributed by atoms with Crippen LogP contribution in [0.3, 0.4) is 0 Å². The summed E-state index contributed by atoms with van der Waals surface area (Å²) in [6.45, 7) is 23.0. The molecule has 4 N–H and O–H groups in total. The molecule has 1 rings (SSSR count). The summed E-state index contributed by atoms with van der Waals surface area (Å²) in [6.07, 6.45) is -0.332. The van der Waals surface area contributed by atoms with Gasteiger partial charge in [0.15, 0.2) is 0 Å². The van der Waals surface area contributed by atoms with Gasteiger partial charge in [0.25, 0.3) is 5.91 Å². The lowest BCUT2D eigenvalue weighted by Crippen LogP contribution is -2.49. The van der Waals surface area contributed by atoms with Crippen molar-refractivity contribution in [2.24, 2.45) is 9.98 Å². The zero-order valence-electron chi connectivity index (χ0n) is 35.3. The van der Waals surface area contributed by atoms with Crippen LogP contribution in [-0.2, 0) is 30.3 Å². The Labute approximate surface area is 336 Å². The van der Waals surface area contributed by atoms with E-state index in [4.69, 9.17) is 18.9 Å². The van der Waals surface area contributed by atoms with Gasteiger partial charge in [-0.25, -0.2) is 24.2 Å². The van der Waals surface area contributed by atoms with E-state index >= 15 is 0 Å². The number of unbranched alkanes of at least 4 members (excludes halogenated alkanes) is 1. The number of guanidine groups is 2. The van der Waals surface area contributed by atoms with E-state index in [9.17, 15) is 24.0 Å². The normalized spacial score (nSPS) is 12.4. The maximum atomic E-state index is 13.1. The highest BCUT2D eigenvalue weighted by molar-refractivity contribution is 7.85. The van der Waals surface area contributed by atoms with Crippen LogP contribution in [0.2, 0.25) is 0 Å². The molecule has 0 fully saturated rings. The third-order valence-corrected chi connectivity index (χ3v) is 6.44. The van der Waals surface area contributed by atoms with Crippen LogP contribution in [0.15, 0.2) is 45.4 Å². The van der Waals surface area contributed by atoms with E-state index in [1.165, 1.54) is 6.20 Å². The molecule has 314 valence electrons. The van der Waals surface area contributed by atoms with E-state index in [1.54, 1.807) is 124 Å². The number of nitrogens with one attached hydrogen (secondary N) is 4. The average Bonchev–Trinajstić information content (AvgIpc) is 2.98. The molecule has 0 spiro atoms. The molecule has 5 amide bonds. The molecule has 0 saturated carbocycles. The maximum absolute atomic E-state index is 13.1. The summed E-state index contributed by atoms with van der Waals surface area (Å²) in [5.41, 5.74) is -2.04. The van der Waals surface area contributed by atoms with Gasteiger partial charge in [-0.05, 0) is 107 Å². The highest BCUT2D eigenvalue weighted by atomic mass is 32.1. The average molecular weight is 807 g/mol. The van der Waals surface area contributed by atoms with Gasteiger partial charge in [-0.3, -0.25) is 20.7 Å². The molecule has 18 heteroatoms. The van der Waals surface area contributed by atoms with E-state index in [1.807, 2.05) is 6.92 Å². The molecule has 17 nitrogen and oxygen atoms in total. The van der Waals surface area contributed by atoms with Crippen molar-refractivity contribution >= 4 is 60.5 Å². The lowest BCUT2D eigenvalue weighted by atomic mass is 10.2. The standard InChI is InChI=1S/C38H62N8O9S/c1-15-16-21-46(30(43-33(50)54-37(8,9)10)44-34(51)55-38(11,12)13)24-45(14)23-27(56)28(47)40-26-19-17-25(18-20-26)22-39-29(41-31(48)52-35(2,3)4)42-32(49)53-36(5,6)7/h17-20,23,56H,15-16,21-22,24H2,1-14H3,(H,40,47)(H,43,44,50,51)(H2,39,41,42,48,49)/b27-23-. The van der Waals surface area contributed by atoms with Crippen molar-refractivity contribution in [2.45, 2.75) is 132 Å². The highest BCUT2D eigenvalue weighted by Gasteiger charge is 2.25.